The van der Waals surface area contributed by atoms with Crippen molar-refractivity contribution in [3.8, 4) is 0 Å². The van der Waals surface area contributed by atoms with E-state index >= 15 is 0 Å². The van der Waals surface area contributed by atoms with Gasteiger partial charge < -0.3 is 10.3 Å². The molecule has 4 heteroatoms. The third kappa shape index (κ3) is 1.91. The molecule has 0 aliphatic rings. The quantitative estimate of drug-likeness (QED) is 0.842. The Kier molecular flexibility index (Phi) is 2.64. The minimum atomic E-state index is -0.210. The summed E-state index contributed by atoms with van der Waals surface area (Å²) in [6, 6.07) is 5.06. The predicted octanol–water partition coefficient (Wildman–Crippen LogP) is 2.27. The molecule has 3 nitrogen and oxygen atoms in total. The smallest absolute Gasteiger partial charge is 0.200 e. The van der Waals surface area contributed by atoms with Gasteiger partial charge in [0.15, 0.2) is 0 Å². The molecule has 0 radical (unpaired) electrons. The van der Waals surface area contributed by atoms with E-state index < -0.39 is 0 Å². The monoisotopic (exact) mass is 219 g/mol. The van der Waals surface area contributed by atoms with E-state index in [1.54, 1.807) is 16.8 Å². The zero-order valence-electron chi connectivity index (χ0n) is 9.37. The van der Waals surface area contributed by atoms with E-state index in [0.29, 0.717) is 18.1 Å². The minimum Gasteiger partial charge on any atom is -0.369 e. The molecule has 0 saturated heterocycles. The lowest BCUT2D eigenvalue weighted by Gasteiger charge is -2.09. The minimum absolute atomic E-state index is 0.210. The van der Waals surface area contributed by atoms with E-state index in [-0.39, 0.29) is 5.82 Å². The fourth-order valence-electron chi connectivity index (χ4n) is 1.68. The second kappa shape index (κ2) is 3.96. The van der Waals surface area contributed by atoms with Crippen LogP contribution in [0.5, 0.6) is 0 Å². The summed E-state index contributed by atoms with van der Waals surface area (Å²) >= 11 is 0. The molecule has 16 heavy (non-hydrogen) atoms. The first-order valence-corrected chi connectivity index (χ1v) is 5.10. The second-order valence-corrected chi connectivity index (χ2v) is 3.94. The van der Waals surface area contributed by atoms with E-state index in [2.05, 4.69) is 4.98 Å². The van der Waals surface area contributed by atoms with E-state index in [1.165, 1.54) is 6.07 Å². The summed E-state index contributed by atoms with van der Waals surface area (Å²) in [5.41, 5.74) is 8.30. The number of nitrogen functional groups attached to an aromatic ring is 1. The molecule has 84 valence electrons. The standard InChI is InChI=1S/C12H14FN3/c1-8-3-4-11(13)10(5-8)7-16-9(2)6-15-12(16)14/h3-6H,7H2,1-2H3,(H2,14,15). The highest BCUT2D eigenvalue weighted by Gasteiger charge is 2.07. The topological polar surface area (TPSA) is 43.8 Å². The number of nitrogens with zero attached hydrogens (tertiary/aromatic N) is 2. The molecule has 2 N–H and O–H groups in total. The maximum absolute atomic E-state index is 13.6. The lowest BCUT2D eigenvalue weighted by atomic mass is 10.1. The summed E-state index contributed by atoms with van der Waals surface area (Å²) in [5, 5.41) is 0. The molecule has 0 fully saturated rings. The number of rotatable bonds is 2. The van der Waals surface area contributed by atoms with Gasteiger partial charge in [-0.2, -0.15) is 0 Å². The number of benzene rings is 1. The van der Waals surface area contributed by atoms with Gasteiger partial charge in [-0.05, 0) is 19.9 Å². The summed E-state index contributed by atoms with van der Waals surface area (Å²) in [5.74, 6) is 0.205. The van der Waals surface area contributed by atoms with E-state index in [4.69, 9.17) is 5.73 Å². The Balaban J connectivity index is 2.37. The maximum atomic E-state index is 13.6. The zero-order valence-corrected chi connectivity index (χ0v) is 9.37. The summed E-state index contributed by atoms with van der Waals surface area (Å²) < 4.78 is 15.3. The lowest BCUT2D eigenvalue weighted by Crippen LogP contribution is -2.07. The van der Waals surface area contributed by atoms with Crippen LogP contribution in [0.25, 0.3) is 0 Å². The predicted molar refractivity (Wildman–Crippen MR) is 61.6 cm³/mol. The van der Waals surface area contributed by atoms with Crippen LogP contribution in [-0.2, 0) is 6.54 Å². The van der Waals surface area contributed by atoms with Gasteiger partial charge in [0.1, 0.15) is 5.82 Å². The van der Waals surface area contributed by atoms with Crippen LogP contribution < -0.4 is 5.73 Å². The summed E-state index contributed by atoms with van der Waals surface area (Å²) in [7, 11) is 0. The number of imidazole rings is 1. The average molecular weight is 219 g/mol. The molecule has 0 amide bonds. The van der Waals surface area contributed by atoms with Crippen molar-refractivity contribution in [1.82, 2.24) is 9.55 Å². The maximum Gasteiger partial charge on any atom is 0.200 e. The molecular formula is C12H14FN3. The number of hydrogen-bond acceptors (Lipinski definition) is 2. The number of anilines is 1. The van der Waals surface area contributed by atoms with Gasteiger partial charge >= 0.3 is 0 Å². The van der Waals surface area contributed by atoms with Crippen molar-refractivity contribution < 1.29 is 4.39 Å². The molecule has 0 spiro atoms. The molecule has 1 aromatic heterocycles. The van der Waals surface area contributed by atoms with Crippen molar-refractivity contribution in [2.24, 2.45) is 0 Å². The third-order valence-electron chi connectivity index (χ3n) is 2.62. The Hall–Kier alpha value is -1.84. The van der Waals surface area contributed by atoms with Gasteiger partial charge in [0.25, 0.3) is 0 Å². The number of halogens is 1. The molecule has 2 aromatic rings. The number of aryl methyl sites for hydroxylation is 2. The number of hydrogen-bond donors (Lipinski definition) is 1. The fraction of sp³-hybridized carbons (Fsp3) is 0.250. The Labute approximate surface area is 93.7 Å². The van der Waals surface area contributed by atoms with Crippen molar-refractivity contribution in [3.63, 3.8) is 0 Å². The van der Waals surface area contributed by atoms with Crippen molar-refractivity contribution in [1.29, 1.82) is 0 Å². The van der Waals surface area contributed by atoms with Crippen molar-refractivity contribution in [2.45, 2.75) is 20.4 Å². The Morgan fingerprint density at radius 2 is 2.12 bits per heavy atom. The lowest BCUT2D eigenvalue weighted by molar-refractivity contribution is 0.598. The Morgan fingerprint density at radius 1 is 1.38 bits per heavy atom. The highest BCUT2D eigenvalue weighted by atomic mass is 19.1. The normalized spacial score (nSPS) is 10.7. The highest BCUT2D eigenvalue weighted by Crippen LogP contribution is 2.15. The van der Waals surface area contributed by atoms with E-state index in [9.17, 15) is 4.39 Å². The van der Waals surface area contributed by atoms with E-state index in [0.717, 1.165) is 11.3 Å². The molecule has 0 atom stereocenters. The number of nitrogens with two attached hydrogens (primary N) is 1. The number of aromatic nitrogens is 2. The summed E-state index contributed by atoms with van der Waals surface area (Å²) in [4.78, 5) is 3.98. The molecule has 2 rings (SSSR count). The van der Waals surface area contributed by atoms with Crippen LogP contribution in [-0.4, -0.2) is 9.55 Å². The second-order valence-electron chi connectivity index (χ2n) is 3.94. The van der Waals surface area contributed by atoms with Gasteiger partial charge in [-0.1, -0.05) is 17.7 Å². The van der Waals surface area contributed by atoms with Crippen LogP contribution in [0.2, 0.25) is 0 Å². The largest absolute Gasteiger partial charge is 0.369 e. The van der Waals surface area contributed by atoms with Crippen LogP contribution in [0.4, 0.5) is 10.3 Å². The highest BCUT2D eigenvalue weighted by molar-refractivity contribution is 5.28. The van der Waals surface area contributed by atoms with Gasteiger partial charge in [0, 0.05) is 11.3 Å². The average Bonchev–Trinajstić information content (AvgIpc) is 2.55. The van der Waals surface area contributed by atoms with Crippen LogP contribution in [0.15, 0.2) is 24.4 Å². The molecule has 1 aromatic carbocycles. The first-order valence-electron chi connectivity index (χ1n) is 5.10. The zero-order chi connectivity index (χ0) is 11.7. The van der Waals surface area contributed by atoms with Crippen molar-refractivity contribution in [2.75, 3.05) is 5.73 Å². The SMILES string of the molecule is Cc1ccc(F)c(Cn2c(C)cnc2N)c1. The van der Waals surface area contributed by atoms with Crippen LogP contribution in [0, 0.1) is 19.7 Å². The van der Waals surface area contributed by atoms with Crippen molar-refractivity contribution in [3.05, 3.63) is 47.0 Å². The first kappa shape index (κ1) is 10.7. The summed E-state index contributed by atoms with van der Waals surface area (Å²) in [6.07, 6.45) is 1.68. The third-order valence-corrected chi connectivity index (χ3v) is 2.62. The molecule has 0 aliphatic carbocycles. The van der Waals surface area contributed by atoms with Crippen LogP contribution in [0.3, 0.4) is 0 Å². The Morgan fingerprint density at radius 3 is 2.75 bits per heavy atom. The van der Waals surface area contributed by atoms with Crippen LogP contribution >= 0.6 is 0 Å². The van der Waals surface area contributed by atoms with Gasteiger partial charge in [0.2, 0.25) is 5.95 Å². The molecule has 1 heterocycles. The molecule has 0 unspecified atom stereocenters. The molecule has 0 aliphatic heterocycles. The molecular weight excluding hydrogens is 205 g/mol. The molecule has 0 bridgehead atoms. The van der Waals surface area contributed by atoms with Crippen molar-refractivity contribution >= 4 is 5.95 Å². The van der Waals surface area contributed by atoms with Gasteiger partial charge in [-0.25, -0.2) is 9.37 Å². The summed E-state index contributed by atoms with van der Waals surface area (Å²) in [6.45, 7) is 4.26. The fourth-order valence-corrected chi connectivity index (χ4v) is 1.68. The Bertz CT molecular complexity index is 497. The van der Waals surface area contributed by atoms with Crippen LogP contribution in [0.1, 0.15) is 16.8 Å². The van der Waals surface area contributed by atoms with Gasteiger partial charge in [-0.3, -0.25) is 0 Å². The molecule has 0 saturated carbocycles. The first-order chi connectivity index (χ1) is 7.58. The van der Waals surface area contributed by atoms with E-state index in [1.807, 2.05) is 19.9 Å². The van der Waals surface area contributed by atoms with Gasteiger partial charge in [-0.15, -0.1) is 0 Å². The van der Waals surface area contributed by atoms with Gasteiger partial charge in [0.05, 0.1) is 12.7 Å².